The molecule has 0 radical (unpaired) electrons. The minimum atomic E-state index is -0.294. The number of esters is 1. The summed E-state index contributed by atoms with van der Waals surface area (Å²) in [5.41, 5.74) is 0.320. The van der Waals surface area contributed by atoms with Crippen LogP contribution in [0.25, 0.3) is 0 Å². The minimum absolute atomic E-state index is 0.188. The van der Waals surface area contributed by atoms with E-state index < -0.39 is 0 Å². The van der Waals surface area contributed by atoms with Crippen molar-refractivity contribution in [2.45, 2.75) is 26.7 Å². The number of carbonyl (C=O) groups is 1. The second-order valence-electron chi connectivity index (χ2n) is 3.13. The lowest BCUT2D eigenvalue weighted by molar-refractivity contribution is -0.143. The van der Waals surface area contributed by atoms with E-state index in [9.17, 15) is 9.59 Å². The lowest BCUT2D eigenvalue weighted by Crippen LogP contribution is -2.16. The Labute approximate surface area is 87.5 Å². The number of aryl methyl sites for hydroxylation is 2. The predicted octanol–water partition coefficient (Wildman–Crippen LogP) is 0.574. The monoisotopic (exact) mass is 210 g/mol. The number of nitrogens with one attached hydrogen (secondary N) is 1. The highest BCUT2D eigenvalue weighted by Gasteiger charge is 2.05. The van der Waals surface area contributed by atoms with Crippen molar-refractivity contribution in [2.75, 3.05) is 6.61 Å². The Morgan fingerprint density at radius 2 is 2.33 bits per heavy atom. The van der Waals surface area contributed by atoms with Crippen LogP contribution < -0.4 is 5.56 Å². The fourth-order valence-electron chi connectivity index (χ4n) is 1.16. The number of hydrogen-bond donors (Lipinski definition) is 1. The maximum absolute atomic E-state index is 11.4. The highest BCUT2D eigenvalue weighted by molar-refractivity contribution is 5.69. The summed E-state index contributed by atoms with van der Waals surface area (Å²) in [5.74, 6) is 0.275. The third-order valence-electron chi connectivity index (χ3n) is 1.90. The average molecular weight is 210 g/mol. The van der Waals surface area contributed by atoms with Gasteiger partial charge in [-0.2, -0.15) is 0 Å². The van der Waals surface area contributed by atoms with Crippen LogP contribution in [0.3, 0.4) is 0 Å². The third kappa shape index (κ3) is 3.53. The Bertz CT molecular complexity index is 398. The van der Waals surface area contributed by atoms with Gasteiger partial charge in [-0.15, -0.1) is 0 Å². The largest absolute Gasteiger partial charge is 0.466 e. The number of aromatic amines is 1. The summed E-state index contributed by atoms with van der Waals surface area (Å²) in [6, 6.07) is 0. The lowest BCUT2D eigenvalue weighted by atomic mass is 10.2. The Morgan fingerprint density at radius 1 is 1.60 bits per heavy atom. The van der Waals surface area contributed by atoms with Crippen LogP contribution >= 0.6 is 0 Å². The highest BCUT2D eigenvalue weighted by atomic mass is 16.5. The average Bonchev–Trinajstić information content (AvgIpc) is 2.17. The molecular weight excluding hydrogens is 196 g/mol. The third-order valence-corrected chi connectivity index (χ3v) is 1.90. The first-order valence-corrected chi connectivity index (χ1v) is 4.84. The molecule has 1 N–H and O–H groups in total. The van der Waals surface area contributed by atoms with E-state index in [1.807, 2.05) is 0 Å². The van der Waals surface area contributed by atoms with Crippen LogP contribution in [0.1, 0.15) is 24.7 Å². The van der Waals surface area contributed by atoms with Crippen molar-refractivity contribution in [3.8, 4) is 0 Å². The van der Waals surface area contributed by atoms with Gasteiger partial charge in [-0.25, -0.2) is 4.98 Å². The molecule has 0 amide bonds. The Kier molecular flexibility index (Phi) is 4.03. The molecule has 1 rings (SSSR count). The Balaban J connectivity index is 2.58. The SMILES string of the molecule is CCOC(=O)CCc1cnc(C)[nH]c1=O. The van der Waals surface area contributed by atoms with E-state index in [1.165, 1.54) is 6.20 Å². The molecule has 1 aromatic heterocycles. The molecule has 82 valence electrons. The summed E-state index contributed by atoms with van der Waals surface area (Å²) >= 11 is 0. The van der Waals surface area contributed by atoms with E-state index in [1.54, 1.807) is 13.8 Å². The van der Waals surface area contributed by atoms with Crippen LogP contribution in [0.4, 0.5) is 0 Å². The van der Waals surface area contributed by atoms with Crippen molar-refractivity contribution < 1.29 is 9.53 Å². The number of hydrogen-bond acceptors (Lipinski definition) is 4. The lowest BCUT2D eigenvalue weighted by Gasteiger charge is -2.01. The highest BCUT2D eigenvalue weighted by Crippen LogP contribution is 1.97. The van der Waals surface area contributed by atoms with E-state index in [2.05, 4.69) is 9.97 Å². The first-order chi connectivity index (χ1) is 7.13. The van der Waals surface area contributed by atoms with Crippen molar-refractivity contribution in [2.24, 2.45) is 0 Å². The molecule has 1 aromatic rings. The van der Waals surface area contributed by atoms with Crippen LogP contribution in [-0.4, -0.2) is 22.5 Å². The maximum atomic E-state index is 11.4. The van der Waals surface area contributed by atoms with Crippen LogP contribution in [-0.2, 0) is 16.0 Å². The van der Waals surface area contributed by atoms with Gasteiger partial charge in [0.1, 0.15) is 5.82 Å². The van der Waals surface area contributed by atoms with Crippen LogP contribution in [0.15, 0.2) is 11.0 Å². The zero-order chi connectivity index (χ0) is 11.3. The molecule has 0 atom stereocenters. The number of rotatable bonds is 4. The first-order valence-electron chi connectivity index (χ1n) is 4.84. The number of aromatic nitrogens is 2. The molecule has 0 saturated carbocycles. The van der Waals surface area contributed by atoms with E-state index in [4.69, 9.17) is 4.74 Å². The number of H-pyrrole nitrogens is 1. The molecule has 0 fully saturated rings. The van der Waals surface area contributed by atoms with Crippen molar-refractivity contribution in [1.82, 2.24) is 9.97 Å². The number of carbonyl (C=O) groups excluding carboxylic acids is 1. The van der Waals surface area contributed by atoms with Crippen molar-refractivity contribution >= 4 is 5.97 Å². The van der Waals surface area contributed by atoms with Gasteiger partial charge in [-0.3, -0.25) is 9.59 Å². The summed E-state index contributed by atoms with van der Waals surface area (Å²) in [6.07, 6.45) is 2.07. The van der Waals surface area contributed by atoms with Gasteiger partial charge in [-0.1, -0.05) is 0 Å². The molecule has 5 heteroatoms. The second kappa shape index (κ2) is 5.29. The standard InChI is InChI=1S/C10H14N2O3/c1-3-15-9(13)5-4-8-6-11-7(2)12-10(8)14/h6H,3-5H2,1-2H3,(H,11,12,14). The molecule has 15 heavy (non-hydrogen) atoms. The normalized spacial score (nSPS) is 10.0. The van der Waals surface area contributed by atoms with E-state index in [0.29, 0.717) is 24.4 Å². The van der Waals surface area contributed by atoms with Crippen LogP contribution in [0.2, 0.25) is 0 Å². The van der Waals surface area contributed by atoms with Gasteiger partial charge in [0.15, 0.2) is 0 Å². The molecule has 0 aliphatic rings. The van der Waals surface area contributed by atoms with Gasteiger partial charge in [0.05, 0.1) is 6.61 Å². The molecule has 0 aliphatic carbocycles. The van der Waals surface area contributed by atoms with Crippen molar-refractivity contribution in [3.63, 3.8) is 0 Å². The summed E-state index contributed by atoms with van der Waals surface area (Å²) in [6.45, 7) is 3.82. The van der Waals surface area contributed by atoms with E-state index >= 15 is 0 Å². The summed E-state index contributed by atoms with van der Waals surface area (Å²) in [5, 5.41) is 0. The van der Waals surface area contributed by atoms with Gasteiger partial charge < -0.3 is 9.72 Å². The fraction of sp³-hybridized carbons (Fsp3) is 0.500. The zero-order valence-corrected chi connectivity index (χ0v) is 8.87. The second-order valence-corrected chi connectivity index (χ2v) is 3.13. The zero-order valence-electron chi connectivity index (χ0n) is 8.87. The molecule has 0 unspecified atom stereocenters. The molecule has 5 nitrogen and oxygen atoms in total. The Hall–Kier alpha value is -1.65. The fourth-order valence-corrected chi connectivity index (χ4v) is 1.16. The molecular formula is C10H14N2O3. The quantitative estimate of drug-likeness (QED) is 0.737. The molecule has 1 heterocycles. The summed E-state index contributed by atoms with van der Waals surface area (Å²) < 4.78 is 4.76. The molecule has 0 aromatic carbocycles. The van der Waals surface area contributed by atoms with Crippen molar-refractivity contribution in [3.05, 3.63) is 27.9 Å². The van der Waals surface area contributed by atoms with Gasteiger partial charge in [-0.05, 0) is 20.3 Å². The molecule has 0 saturated heterocycles. The Morgan fingerprint density at radius 3 is 2.93 bits per heavy atom. The first kappa shape index (κ1) is 11.4. The number of ether oxygens (including phenoxy) is 1. The van der Waals surface area contributed by atoms with Crippen LogP contribution in [0.5, 0.6) is 0 Å². The van der Waals surface area contributed by atoms with Crippen molar-refractivity contribution in [1.29, 1.82) is 0 Å². The molecule has 0 spiro atoms. The van der Waals surface area contributed by atoms with Gasteiger partial charge in [0, 0.05) is 18.2 Å². The van der Waals surface area contributed by atoms with E-state index in [0.717, 1.165) is 0 Å². The molecule has 0 bridgehead atoms. The summed E-state index contributed by atoms with van der Waals surface area (Å²) in [7, 11) is 0. The predicted molar refractivity (Wildman–Crippen MR) is 54.5 cm³/mol. The number of nitrogens with zero attached hydrogens (tertiary/aromatic N) is 1. The molecule has 0 aliphatic heterocycles. The van der Waals surface area contributed by atoms with Gasteiger partial charge >= 0.3 is 5.97 Å². The summed E-state index contributed by atoms with van der Waals surface area (Å²) in [4.78, 5) is 28.9. The smallest absolute Gasteiger partial charge is 0.306 e. The minimum Gasteiger partial charge on any atom is -0.466 e. The topological polar surface area (TPSA) is 72.0 Å². The maximum Gasteiger partial charge on any atom is 0.306 e. The van der Waals surface area contributed by atoms with Gasteiger partial charge in [0.2, 0.25) is 0 Å². The van der Waals surface area contributed by atoms with Crippen LogP contribution in [0, 0.1) is 6.92 Å². The van der Waals surface area contributed by atoms with Gasteiger partial charge in [0.25, 0.3) is 5.56 Å². The van der Waals surface area contributed by atoms with E-state index in [-0.39, 0.29) is 17.9 Å².